The van der Waals surface area contributed by atoms with Crippen LogP contribution < -0.4 is 9.47 Å². The standard InChI is InChI=1S/C22H28N2O2/c1-16-10-20(11-17(2)23-16)12-18-4-3-7-24(14-18)15-19-5-6-21-22(13-19)26-9-8-25-21/h5-6,10-11,13,18H,3-4,7-9,12,14-15H2,1-2H3. The SMILES string of the molecule is Cc1cc(CC2CCCN(Cc3ccc4c(c3)OCCO4)C2)cc(C)n1. The molecule has 1 aromatic heterocycles. The fourth-order valence-electron chi connectivity index (χ4n) is 4.28. The van der Waals surface area contributed by atoms with Crippen LogP contribution in [0.2, 0.25) is 0 Å². The van der Waals surface area contributed by atoms with Gasteiger partial charge in [-0.2, -0.15) is 0 Å². The fraction of sp³-hybridized carbons (Fsp3) is 0.500. The predicted molar refractivity (Wildman–Crippen MR) is 103 cm³/mol. The van der Waals surface area contributed by atoms with E-state index in [-0.39, 0.29) is 0 Å². The molecule has 0 radical (unpaired) electrons. The lowest BCUT2D eigenvalue weighted by Crippen LogP contribution is -2.35. The summed E-state index contributed by atoms with van der Waals surface area (Å²) in [5.41, 5.74) is 5.00. The Labute approximate surface area is 156 Å². The summed E-state index contributed by atoms with van der Waals surface area (Å²) in [6, 6.07) is 10.9. The van der Waals surface area contributed by atoms with E-state index in [4.69, 9.17) is 9.47 Å². The second-order valence-electron chi connectivity index (χ2n) is 7.68. The normalized spacial score (nSPS) is 20.2. The molecular formula is C22H28N2O2. The summed E-state index contributed by atoms with van der Waals surface area (Å²) >= 11 is 0. The molecule has 0 aliphatic carbocycles. The number of benzene rings is 1. The molecule has 1 atom stereocenters. The molecule has 0 saturated carbocycles. The Morgan fingerprint density at radius 1 is 1.00 bits per heavy atom. The lowest BCUT2D eigenvalue weighted by atomic mass is 9.91. The van der Waals surface area contributed by atoms with Gasteiger partial charge in [-0.15, -0.1) is 0 Å². The third kappa shape index (κ3) is 4.18. The molecule has 1 unspecified atom stereocenters. The Morgan fingerprint density at radius 2 is 1.77 bits per heavy atom. The number of ether oxygens (including phenoxy) is 2. The number of likely N-dealkylation sites (tertiary alicyclic amines) is 1. The van der Waals surface area contributed by atoms with E-state index in [0.29, 0.717) is 13.2 Å². The predicted octanol–water partition coefficient (Wildman–Crippen LogP) is 3.92. The van der Waals surface area contributed by atoms with Crippen molar-refractivity contribution in [1.82, 2.24) is 9.88 Å². The molecule has 4 heteroatoms. The van der Waals surface area contributed by atoms with Gasteiger partial charge in [0, 0.05) is 24.5 Å². The molecule has 4 rings (SSSR count). The molecule has 2 aromatic rings. The topological polar surface area (TPSA) is 34.6 Å². The van der Waals surface area contributed by atoms with E-state index in [1.165, 1.54) is 30.5 Å². The van der Waals surface area contributed by atoms with Gasteiger partial charge in [0.25, 0.3) is 0 Å². The summed E-state index contributed by atoms with van der Waals surface area (Å²) in [4.78, 5) is 7.08. The van der Waals surface area contributed by atoms with E-state index < -0.39 is 0 Å². The third-order valence-electron chi connectivity index (χ3n) is 5.28. The van der Waals surface area contributed by atoms with Crippen molar-refractivity contribution in [2.75, 3.05) is 26.3 Å². The van der Waals surface area contributed by atoms with Crippen molar-refractivity contribution >= 4 is 0 Å². The highest BCUT2D eigenvalue weighted by Crippen LogP contribution is 2.31. The Balaban J connectivity index is 1.39. The molecule has 2 aliphatic rings. The van der Waals surface area contributed by atoms with Crippen LogP contribution >= 0.6 is 0 Å². The van der Waals surface area contributed by atoms with Gasteiger partial charge in [0.1, 0.15) is 13.2 Å². The van der Waals surface area contributed by atoms with Crippen molar-refractivity contribution in [2.24, 2.45) is 5.92 Å². The smallest absolute Gasteiger partial charge is 0.161 e. The third-order valence-corrected chi connectivity index (χ3v) is 5.28. The van der Waals surface area contributed by atoms with Gasteiger partial charge >= 0.3 is 0 Å². The van der Waals surface area contributed by atoms with Crippen LogP contribution in [-0.4, -0.2) is 36.2 Å². The highest BCUT2D eigenvalue weighted by Gasteiger charge is 2.21. The summed E-state index contributed by atoms with van der Waals surface area (Å²) in [6.45, 7) is 8.80. The van der Waals surface area contributed by atoms with Crippen LogP contribution in [0.25, 0.3) is 0 Å². The molecule has 0 bridgehead atoms. The molecule has 1 fully saturated rings. The maximum atomic E-state index is 5.73. The van der Waals surface area contributed by atoms with E-state index in [0.717, 1.165) is 48.3 Å². The first kappa shape index (κ1) is 17.3. The molecule has 3 heterocycles. The van der Waals surface area contributed by atoms with Crippen LogP contribution in [0, 0.1) is 19.8 Å². The van der Waals surface area contributed by atoms with Crippen molar-refractivity contribution in [2.45, 2.75) is 39.7 Å². The summed E-state index contributed by atoms with van der Waals surface area (Å²) < 4.78 is 11.4. The van der Waals surface area contributed by atoms with Crippen molar-refractivity contribution in [3.05, 3.63) is 52.8 Å². The van der Waals surface area contributed by atoms with E-state index in [2.05, 4.69) is 48.0 Å². The molecule has 138 valence electrons. The molecule has 1 saturated heterocycles. The maximum Gasteiger partial charge on any atom is 0.161 e. The zero-order chi connectivity index (χ0) is 17.9. The number of aromatic nitrogens is 1. The van der Waals surface area contributed by atoms with Crippen molar-refractivity contribution < 1.29 is 9.47 Å². The lowest BCUT2D eigenvalue weighted by Gasteiger charge is -2.33. The minimum absolute atomic E-state index is 0.646. The van der Waals surface area contributed by atoms with Gasteiger partial charge in [-0.1, -0.05) is 6.07 Å². The first-order valence-corrected chi connectivity index (χ1v) is 9.71. The van der Waals surface area contributed by atoms with E-state index in [1.54, 1.807) is 0 Å². The summed E-state index contributed by atoms with van der Waals surface area (Å²) in [5.74, 6) is 2.49. The number of piperidine rings is 1. The molecule has 0 N–H and O–H groups in total. The van der Waals surface area contributed by atoms with Crippen LogP contribution in [0.4, 0.5) is 0 Å². The van der Waals surface area contributed by atoms with Crippen LogP contribution in [0.3, 0.4) is 0 Å². The van der Waals surface area contributed by atoms with Crippen molar-refractivity contribution in [3.8, 4) is 11.5 Å². The largest absolute Gasteiger partial charge is 0.486 e. The Bertz CT molecular complexity index is 754. The fourth-order valence-corrected chi connectivity index (χ4v) is 4.28. The number of rotatable bonds is 4. The summed E-state index contributed by atoms with van der Waals surface area (Å²) in [7, 11) is 0. The summed E-state index contributed by atoms with van der Waals surface area (Å²) in [6.07, 6.45) is 3.75. The van der Waals surface area contributed by atoms with Crippen molar-refractivity contribution in [3.63, 3.8) is 0 Å². The molecule has 0 spiro atoms. The minimum Gasteiger partial charge on any atom is -0.486 e. The van der Waals surface area contributed by atoms with E-state index in [1.807, 2.05) is 6.07 Å². The van der Waals surface area contributed by atoms with Gasteiger partial charge in [0.05, 0.1) is 0 Å². The first-order valence-electron chi connectivity index (χ1n) is 9.71. The second-order valence-corrected chi connectivity index (χ2v) is 7.68. The van der Waals surface area contributed by atoms with Gasteiger partial charge in [0.2, 0.25) is 0 Å². The number of pyridine rings is 1. The Hall–Kier alpha value is -2.07. The number of nitrogens with zero attached hydrogens (tertiary/aromatic N) is 2. The Morgan fingerprint density at radius 3 is 2.58 bits per heavy atom. The second kappa shape index (κ2) is 7.67. The molecule has 26 heavy (non-hydrogen) atoms. The minimum atomic E-state index is 0.646. The molecule has 0 amide bonds. The number of fused-ring (bicyclic) bond motifs is 1. The number of hydrogen-bond acceptors (Lipinski definition) is 4. The van der Waals surface area contributed by atoms with Gasteiger partial charge in [-0.25, -0.2) is 0 Å². The summed E-state index contributed by atoms with van der Waals surface area (Å²) in [5, 5.41) is 0. The molecular weight excluding hydrogens is 324 g/mol. The zero-order valence-electron chi connectivity index (χ0n) is 15.8. The lowest BCUT2D eigenvalue weighted by molar-refractivity contribution is 0.163. The highest BCUT2D eigenvalue weighted by molar-refractivity contribution is 5.43. The first-order chi connectivity index (χ1) is 12.7. The van der Waals surface area contributed by atoms with Crippen LogP contribution in [0.5, 0.6) is 11.5 Å². The molecule has 2 aliphatic heterocycles. The van der Waals surface area contributed by atoms with Crippen LogP contribution in [0.15, 0.2) is 30.3 Å². The monoisotopic (exact) mass is 352 g/mol. The number of aryl methyl sites for hydroxylation is 2. The maximum absolute atomic E-state index is 5.73. The van der Waals surface area contributed by atoms with Gasteiger partial charge < -0.3 is 9.47 Å². The van der Waals surface area contributed by atoms with Gasteiger partial charge in [0.15, 0.2) is 11.5 Å². The van der Waals surface area contributed by atoms with E-state index >= 15 is 0 Å². The average molecular weight is 352 g/mol. The Kier molecular flexibility index (Phi) is 5.11. The van der Waals surface area contributed by atoms with Gasteiger partial charge in [-0.3, -0.25) is 9.88 Å². The zero-order valence-corrected chi connectivity index (χ0v) is 15.8. The van der Waals surface area contributed by atoms with Crippen LogP contribution in [-0.2, 0) is 13.0 Å². The molecule has 4 nitrogen and oxygen atoms in total. The van der Waals surface area contributed by atoms with Crippen molar-refractivity contribution in [1.29, 1.82) is 0 Å². The highest BCUT2D eigenvalue weighted by atomic mass is 16.6. The number of hydrogen-bond donors (Lipinski definition) is 0. The molecule has 1 aromatic carbocycles. The van der Waals surface area contributed by atoms with Crippen LogP contribution in [0.1, 0.15) is 35.4 Å². The van der Waals surface area contributed by atoms with Gasteiger partial charge in [-0.05, 0) is 81.0 Å². The average Bonchev–Trinajstić information content (AvgIpc) is 2.61. The van der Waals surface area contributed by atoms with E-state index in [9.17, 15) is 0 Å². The quantitative estimate of drug-likeness (QED) is 0.835.